The lowest BCUT2D eigenvalue weighted by Crippen LogP contribution is -2.62. The molecule has 33 heavy (non-hydrogen) atoms. The van der Waals surface area contributed by atoms with Gasteiger partial charge >= 0.3 is 5.97 Å². The van der Waals surface area contributed by atoms with Gasteiger partial charge in [0.15, 0.2) is 0 Å². The Balaban J connectivity index is 1.62. The van der Waals surface area contributed by atoms with Gasteiger partial charge in [-0.2, -0.15) is 0 Å². The summed E-state index contributed by atoms with van der Waals surface area (Å²) < 4.78 is 0. The minimum atomic E-state index is -0.719. The van der Waals surface area contributed by atoms with E-state index in [0.29, 0.717) is 49.5 Å². The minimum Gasteiger partial charge on any atom is -0.481 e. The largest absolute Gasteiger partial charge is 0.481 e. The first-order valence-electron chi connectivity index (χ1n) is 13.3. The van der Waals surface area contributed by atoms with E-state index in [0.717, 1.165) is 32.1 Å². The van der Waals surface area contributed by atoms with Crippen molar-refractivity contribution in [1.29, 1.82) is 0 Å². The first-order valence-corrected chi connectivity index (χ1v) is 13.3. The molecule has 6 heteroatoms. The van der Waals surface area contributed by atoms with Crippen molar-refractivity contribution in [1.82, 2.24) is 5.32 Å². The van der Waals surface area contributed by atoms with Gasteiger partial charge in [0.25, 0.3) is 0 Å². The fourth-order valence-electron chi connectivity index (χ4n) is 9.61. The van der Waals surface area contributed by atoms with Crippen LogP contribution in [0.3, 0.4) is 0 Å². The highest BCUT2D eigenvalue weighted by atomic mass is 16.4. The topological polar surface area (TPSA) is 107 Å². The van der Waals surface area contributed by atoms with Crippen LogP contribution in [0.5, 0.6) is 0 Å². The summed E-state index contributed by atoms with van der Waals surface area (Å²) in [6.07, 6.45) is 6.34. The van der Waals surface area contributed by atoms with Crippen LogP contribution in [0.2, 0.25) is 0 Å². The number of likely N-dealkylation sites (N-methyl/N-ethyl adjacent to an activating group) is 1. The Labute approximate surface area is 198 Å². The Morgan fingerprint density at radius 1 is 1.06 bits per heavy atom. The number of aliphatic hydroxyl groups is 2. The van der Waals surface area contributed by atoms with Crippen molar-refractivity contribution in [3.8, 4) is 0 Å². The number of Topliss-reactive ketones (excluding diaryl/α,β-unsaturated/α-hetero) is 1. The molecule has 0 aromatic rings. The van der Waals surface area contributed by atoms with Crippen LogP contribution in [-0.4, -0.2) is 52.9 Å². The number of aliphatic carboxylic acids is 1. The number of hydrogen-bond donors (Lipinski definition) is 4. The number of ketones is 1. The lowest BCUT2D eigenvalue weighted by Gasteiger charge is -2.64. The zero-order chi connectivity index (χ0) is 24.1. The number of fused-ring (bicyclic) bond motifs is 5. The van der Waals surface area contributed by atoms with Gasteiger partial charge in [0.1, 0.15) is 5.78 Å². The number of rotatable bonds is 7. The van der Waals surface area contributed by atoms with E-state index < -0.39 is 12.1 Å². The molecule has 6 unspecified atom stereocenters. The van der Waals surface area contributed by atoms with Gasteiger partial charge in [-0.3, -0.25) is 9.59 Å². The minimum absolute atomic E-state index is 0.127. The predicted molar refractivity (Wildman–Crippen MR) is 126 cm³/mol. The van der Waals surface area contributed by atoms with E-state index in [9.17, 15) is 24.9 Å². The molecule has 0 heterocycles. The third-order valence-electron chi connectivity index (χ3n) is 11.1. The molecule has 4 aliphatic rings. The van der Waals surface area contributed by atoms with Gasteiger partial charge < -0.3 is 20.6 Å². The lowest BCUT2D eigenvalue weighted by molar-refractivity contribution is -0.196. The van der Waals surface area contributed by atoms with Crippen molar-refractivity contribution in [2.24, 2.45) is 52.3 Å². The molecular formula is C27H45NO5. The van der Waals surface area contributed by atoms with Crippen molar-refractivity contribution in [3.63, 3.8) is 0 Å². The molecular weight excluding hydrogens is 418 g/mol. The molecule has 0 saturated heterocycles. The number of aliphatic hydroxyl groups excluding tert-OH is 2. The van der Waals surface area contributed by atoms with E-state index in [2.05, 4.69) is 26.1 Å². The average molecular weight is 464 g/mol. The van der Waals surface area contributed by atoms with Gasteiger partial charge in [-0.1, -0.05) is 20.8 Å². The second-order valence-corrected chi connectivity index (χ2v) is 12.5. The van der Waals surface area contributed by atoms with Crippen LogP contribution in [-0.2, 0) is 9.59 Å². The number of carboxylic acid groups (broad SMARTS) is 1. The van der Waals surface area contributed by atoms with E-state index >= 15 is 0 Å². The Kier molecular flexibility index (Phi) is 7.03. The van der Waals surface area contributed by atoms with Gasteiger partial charge in [0, 0.05) is 12.3 Å². The molecule has 4 rings (SSSR count). The Morgan fingerprint density at radius 3 is 2.45 bits per heavy atom. The second-order valence-electron chi connectivity index (χ2n) is 12.5. The maximum absolute atomic E-state index is 13.2. The zero-order valence-corrected chi connectivity index (χ0v) is 20.9. The van der Waals surface area contributed by atoms with Gasteiger partial charge in [-0.25, -0.2) is 0 Å². The third kappa shape index (κ3) is 4.08. The third-order valence-corrected chi connectivity index (χ3v) is 11.1. The van der Waals surface area contributed by atoms with Crippen LogP contribution in [0, 0.1) is 52.3 Å². The van der Waals surface area contributed by atoms with Crippen molar-refractivity contribution in [3.05, 3.63) is 0 Å². The maximum Gasteiger partial charge on any atom is 0.303 e. The van der Waals surface area contributed by atoms with Gasteiger partial charge in [0.2, 0.25) is 0 Å². The van der Waals surface area contributed by atoms with Gasteiger partial charge in [-0.15, -0.1) is 0 Å². The Bertz CT molecular complexity index is 757. The fourth-order valence-corrected chi connectivity index (χ4v) is 9.61. The van der Waals surface area contributed by atoms with Crippen molar-refractivity contribution < 1.29 is 24.9 Å². The Hall–Kier alpha value is -0.980. The molecule has 0 radical (unpaired) electrons. The molecule has 188 valence electrons. The van der Waals surface area contributed by atoms with Crippen LogP contribution in [0.25, 0.3) is 0 Å². The quantitative estimate of drug-likeness (QED) is 0.460. The zero-order valence-electron chi connectivity index (χ0n) is 20.9. The summed E-state index contributed by atoms with van der Waals surface area (Å²) in [6, 6.07) is 0. The highest BCUT2D eigenvalue weighted by Gasteiger charge is 2.65. The first kappa shape index (κ1) is 25.1. The standard InChI is InChI=1S/C27H45NO5/c1-15(5-8-24(32)33)18-6-7-19-25-20(9-10-26(18,19)2)27(3)16(12-22(25)30)11-17(29)13-21(27)23(31)14-28-4/h15-22,25,28-30H,5-14H2,1-4H3,(H,32,33)/t15-,16?,17-,18-,19?,20?,21?,22?,25?,26-,27+/m1/s1. The molecule has 0 aliphatic heterocycles. The summed E-state index contributed by atoms with van der Waals surface area (Å²) in [5.41, 5.74) is -0.0483. The van der Waals surface area contributed by atoms with E-state index in [4.69, 9.17) is 0 Å². The van der Waals surface area contributed by atoms with Crippen molar-refractivity contribution >= 4 is 11.8 Å². The summed E-state index contributed by atoms with van der Waals surface area (Å²) >= 11 is 0. The van der Waals surface area contributed by atoms with Crippen LogP contribution in [0.1, 0.15) is 78.6 Å². The van der Waals surface area contributed by atoms with Crippen LogP contribution in [0.15, 0.2) is 0 Å². The average Bonchev–Trinajstić information content (AvgIpc) is 3.10. The molecule has 4 fully saturated rings. The predicted octanol–water partition coefficient (Wildman–Crippen LogP) is 3.49. The maximum atomic E-state index is 13.2. The Morgan fingerprint density at radius 2 is 1.79 bits per heavy atom. The highest BCUT2D eigenvalue weighted by molar-refractivity contribution is 5.84. The summed E-state index contributed by atoms with van der Waals surface area (Å²) in [5.74, 6) is 1.30. The lowest BCUT2D eigenvalue weighted by atomic mass is 9.41. The molecule has 6 nitrogen and oxygen atoms in total. The number of nitrogens with one attached hydrogen (secondary N) is 1. The van der Waals surface area contributed by atoms with Crippen LogP contribution in [0.4, 0.5) is 0 Å². The summed E-state index contributed by atoms with van der Waals surface area (Å²) in [4.78, 5) is 24.4. The highest BCUT2D eigenvalue weighted by Crippen LogP contribution is 2.69. The number of carbonyl (C=O) groups excluding carboxylic acids is 1. The second kappa shape index (κ2) is 9.23. The molecule has 0 bridgehead atoms. The molecule has 4 saturated carbocycles. The van der Waals surface area contributed by atoms with E-state index in [1.165, 1.54) is 0 Å². The van der Waals surface area contributed by atoms with E-state index in [1.807, 2.05) is 0 Å². The summed E-state index contributed by atoms with van der Waals surface area (Å²) in [6.45, 7) is 7.26. The molecule has 4 N–H and O–H groups in total. The van der Waals surface area contributed by atoms with Crippen LogP contribution >= 0.6 is 0 Å². The number of carboxylic acids is 1. The van der Waals surface area contributed by atoms with Crippen molar-refractivity contribution in [2.45, 2.75) is 90.8 Å². The summed E-state index contributed by atoms with van der Waals surface area (Å²) in [5, 5.41) is 34.3. The SMILES string of the molecule is CNCC(=O)C1C[C@H](O)CC2CC(O)C3C(CC[C@@]4(C)C3CC[C@@H]4[C@H](C)CCC(=O)O)[C@]21C. The molecule has 11 atom stereocenters. The summed E-state index contributed by atoms with van der Waals surface area (Å²) in [7, 11) is 1.81. The molecule has 0 amide bonds. The van der Waals surface area contributed by atoms with E-state index in [1.54, 1.807) is 7.05 Å². The first-order chi connectivity index (χ1) is 15.5. The number of hydrogen-bond acceptors (Lipinski definition) is 5. The smallest absolute Gasteiger partial charge is 0.303 e. The van der Waals surface area contributed by atoms with E-state index in [-0.39, 0.29) is 46.9 Å². The molecule has 4 aliphatic carbocycles. The van der Waals surface area contributed by atoms with Gasteiger partial charge in [-0.05, 0) is 105 Å². The fraction of sp³-hybridized carbons (Fsp3) is 0.926. The normalized spacial score (nSPS) is 47.8. The molecule has 0 spiro atoms. The van der Waals surface area contributed by atoms with Crippen LogP contribution < -0.4 is 5.32 Å². The van der Waals surface area contributed by atoms with Gasteiger partial charge in [0.05, 0.1) is 18.8 Å². The molecule has 0 aromatic heterocycles. The van der Waals surface area contributed by atoms with Crippen molar-refractivity contribution in [2.75, 3.05) is 13.6 Å². The monoisotopic (exact) mass is 463 g/mol. The number of carbonyl (C=O) groups is 2. The molecule has 0 aromatic carbocycles.